The second kappa shape index (κ2) is 18.0. The van der Waals surface area contributed by atoms with E-state index in [1.807, 2.05) is 54.0 Å². The van der Waals surface area contributed by atoms with Gasteiger partial charge in [0, 0.05) is 51.4 Å². The number of aryl methyl sites for hydroxylation is 3. The van der Waals surface area contributed by atoms with E-state index in [-0.39, 0.29) is 53.9 Å². The van der Waals surface area contributed by atoms with Crippen LogP contribution in [-0.2, 0) is 13.1 Å². The van der Waals surface area contributed by atoms with Crippen molar-refractivity contribution < 1.29 is 8.78 Å². The Hall–Kier alpha value is -6.26. The molecule has 2 aliphatic rings. The van der Waals surface area contributed by atoms with Gasteiger partial charge < -0.3 is 29.7 Å². The normalized spacial score (nSPS) is 15.7. The Morgan fingerprint density at radius 3 is 1.44 bits per heavy atom. The number of aromatic nitrogens is 8. The first-order chi connectivity index (χ1) is 29.6. The minimum atomic E-state index is -0.347. The molecule has 10 rings (SSSR count). The van der Waals surface area contributed by atoms with Gasteiger partial charge in [-0.3, -0.25) is 18.3 Å². The maximum Gasteiger partial charge on any atom is 0.326 e. The molecule has 0 atom stereocenters. The minimum absolute atomic E-state index is 0. The summed E-state index contributed by atoms with van der Waals surface area (Å²) < 4.78 is 34.1. The van der Waals surface area contributed by atoms with Crippen molar-refractivity contribution in [2.24, 2.45) is 0 Å². The third-order valence-corrected chi connectivity index (χ3v) is 12.5. The zero-order valence-corrected chi connectivity index (χ0v) is 34.1. The number of nitrogens with one attached hydrogen (secondary N) is 4. The summed E-state index contributed by atoms with van der Waals surface area (Å²) in [6.45, 7) is 8.77. The van der Waals surface area contributed by atoms with Crippen molar-refractivity contribution in [3.8, 4) is 0 Å². The molecular weight excluding hydrogens is 795 g/mol. The molecule has 2 aliphatic heterocycles. The summed E-state index contributed by atoms with van der Waals surface area (Å²) in [6, 6.07) is 22.9. The number of piperidine rings is 2. The molecule has 0 radical (unpaired) electrons. The van der Waals surface area contributed by atoms with Crippen LogP contribution in [0.1, 0.15) is 63.6 Å². The van der Waals surface area contributed by atoms with Crippen LogP contribution in [0.15, 0.2) is 98.0 Å². The van der Waals surface area contributed by atoms with Gasteiger partial charge in [-0.25, -0.2) is 28.0 Å². The quantitative estimate of drug-likeness (QED) is 0.121. The SMILES string of the molecule is C.Cc1ccc2c(c1)[nH]c(=O)n2CCCN1CCC(n2c(=O)[nH]c3cc(F)ccc32)CC1.O=c1[nH]c2ccccc2n1CCCN1CCC(n2c(=O)[nH]c3cc(F)ccc32)CC1. The number of aromatic amines is 4. The van der Waals surface area contributed by atoms with Gasteiger partial charge in [0.05, 0.1) is 44.1 Å². The van der Waals surface area contributed by atoms with E-state index in [2.05, 4.69) is 29.7 Å². The summed E-state index contributed by atoms with van der Waals surface area (Å²) in [5.74, 6) is -0.694. The average Bonchev–Trinajstić information content (AvgIpc) is 3.96. The Labute approximate surface area is 355 Å². The molecule has 6 heterocycles. The van der Waals surface area contributed by atoms with Crippen molar-refractivity contribution in [3.63, 3.8) is 0 Å². The standard InChI is InChI=1S/C23H26FN5O2.C22H24FN5O2.CH4/c1-15-3-5-20-18(13-15)25-22(30)28(20)10-2-9-27-11-7-17(8-12-27)29-21-6-4-16(24)14-19(21)26-23(29)31;23-15-6-7-20-18(14-15)25-22(30)28(20)16-8-12-26(13-9-16)10-3-11-27-19-5-2-1-4-17(19)24-21(27)29;/h3-6,13-14,17H,2,7-12H2,1H3,(H,25,30)(H,26,31);1-2,4-7,14,16H,3,8-13H2,(H,24,29)(H,25,30);1H4. The van der Waals surface area contributed by atoms with E-state index >= 15 is 0 Å². The highest BCUT2D eigenvalue weighted by Crippen LogP contribution is 2.27. The van der Waals surface area contributed by atoms with Crippen LogP contribution < -0.4 is 22.8 Å². The Morgan fingerprint density at radius 2 is 0.919 bits per heavy atom. The van der Waals surface area contributed by atoms with E-state index in [9.17, 15) is 28.0 Å². The number of hydrogen-bond donors (Lipinski definition) is 4. The number of rotatable bonds is 10. The molecule has 4 aromatic carbocycles. The highest BCUT2D eigenvalue weighted by atomic mass is 19.1. The molecular formula is C46H54F2N10O4. The Balaban J connectivity index is 0.000000168. The van der Waals surface area contributed by atoms with Gasteiger partial charge in [0.1, 0.15) is 11.6 Å². The minimum Gasteiger partial charge on any atom is -0.306 e. The molecule has 0 spiro atoms. The van der Waals surface area contributed by atoms with Gasteiger partial charge in [0.25, 0.3) is 0 Å². The predicted molar refractivity (Wildman–Crippen MR) is 240 cm³/mol. The van der Waals surface area contributed by atoms with Crippen LogP contribution in [0.5, 0.6) is 0 Å². The van der Waals surface area contributed by atoms with Gasteiger partial charge in [-0.2, -0.15) is 0 Å². The van der Waals surface area contributed by atoms with Crippen LogP contribution in [0.4, 0.5) is 8.78 Å². The van der Waals surface area contributed by atoms with Crippen LogP contribution in [-0.4, -0.2) is 87.3 Å². The topological polar surface area (TPSA) is 158 Å². The molecule has 8 aromatic rings. The van der Waals surface area contributed by atoms with Gasteiger partial charge in [-0.05, 0) is 125 Å². The van der Waals surface area contributed by atoms with Crippen molar-refractivity contribution >= 4 is 44.1 Å². The number of para-hydroxylation sites is 2. The maximum atomic E-state index is 13.5. The third-order valence-electron chi connectivity index (χ3n) is 12.5. The number of hydrogen-bond acceptors (Lipinski definition) is 6. The number of fused-ring (bicyclic) bond motifs is 4. The van der Waals surface area contributed by atoms with Crippen LogP contribution >= 0.6 is 0 Å². The largest absolute Gasteiger partial charge is 0.326 e. The van der Waals surface area contributed by atoms with Crippen molar-refractivity contribution in [1.82, 2.24) is 48.0 Å². The smallest absolute Gasteiger partial charge is 0.306 e. The fraction of sp³-hybridized carbons (Fsp3) is 0.391. The molecule has 2 saturated heterocycles. The van der Waals surface area contributed by atoms with Gasteiger partial charge in [-0.1, -0.05) is 25.6 Å². The molecule has 14 nitrogen and oxygen atoms in total. The molecule has 4 N–H and O–H groups in total. The molecule has 0 amide bonds. The Morgan fingerprint density at radius 1 is 0.500 bits per heavy atom. The van der Waals surface area contributed by atoms with Crippen molar-refractivity contribution in [3.05, 3.63) is 138 Å². The summed E-state index contributed by atoms with van der Waals surface area (Å²) in [7, 11) is 0. The van der Waals surface area contributed by atoms with Crippen molar-refractivity contribution in [2.75, 3.05) is 39.3 Å². The fourth-order valence-electron chi connectivity index (χ4n) is 9.47. The summed E-state index contributed by atoms with van der Waals surface area (Å²) in [5, 5.41) is 0. The molecule has 62 heavy (non-hydrogen) atoms. The van der Waals surface area contributed by atoms with Gasteiger partial charge in [0.15, 0.2) is 0 Å². The highest BCUT2D eigenvalue weighted by Gasteiger charge is 2.25. The summed E-state index contributed by atoms with van der Waals surface area (Å²) >= 11 is 0. The van der Waals surface area contributed by atoms with Crippen molar-refractivity contribution in [1.29, 1.82) is 0 Å². The second-order valence-corrected chi connectivity index (χ2v) is 16.5. The molecule has 4 aromatic heterocycles. The Kier molecular flexibility index (Phi) is 12.3. The third kappa shape index (κ3) is 8.61. The summed E-state index contributed by atoms with van der Waals surface area (Å²) in [4.78, 5) is 65.5. The van der Waals surface area contributed by atoms with Gasteiger partial charge in [-0.15, -0.1) is 0 Å². The van der Waals surface area contributed by atoms with Crippen LogP contribution in [0.3, 0.4) is 0 Å². The molecule has 0 aliphatic carbocycles. The van der Waals surface area contributed by atoms with E-state index in [0.717, 1.165) is 116 Å². The second-order valence-electron chi connectivity index (χ2n) is 16.5. The molecule has 0 unspecified atom stereocenters. The number of nitrogens with zero attached hydrogens (tertiary/aromatic N) is 6. The average molecular weight is 849 g/mol. The lowest BCUT2D eigenvalue weighted by atomic mass is 10.0. The van der Waals surface area contributed by atoms with Crippen molar-refractivity contribution in [2.45, 2.75) is 78.0 Å². The van der Waals surface area contributed by atoms with E-state index < -0.39 is 0 Å². The van der Waals surface area contributed by atoms with Gasteiger partial charge >= 0.3 is 22.8 Å². The van der Waals surface area contributed by atoms with E-state index in [0.29, 0.717) is 24.1 Å². The number of imidazole rings is 4. The zero-order chi connectivity index (χ0) is 42.2. The lowest BCUT2D eigenvalue weighted by Gasteiger charge is -2.32. The summed E-state index contributed by atoms with van der Waals surface area (Å²) in [6.07, 6.45) is 5.26. The zero-order valence-electron chi connectivity index (χ0n) is 34.1. The predicted octanol–water partition coefficient (Wildman–Crippen LogP) is 6.62. The van der Waals surface area contributed by atoms with Crippen LogP contribution in [0.25, 0.3) is 44.1 Å². The summed E-state index contributed by atoms with van der Waals surface area (Å²) in [5.41, 5.74) is 6.92. The highest BCUT2D eigenvalue weighted by molar-refractivity contribution is 5.77. The first kappa shape index (κ1) is 42.4. The molecule has 326 valence electrons. The fourth-order valence-corrected chi connectivity index (χ4v) is 9.47. The van der Waals surface area contributed by atoms with Crippen LogP contribution in [0.2, 0.25) is 0 Å². The van der Waals surface area contributed by atoms with E-state index in [1.165, 1.54) is 24.3 Å². The molecule has 2 fully saturated rings. The lowest BCUT2D eigenvalue weighted by Crippen LogP contribution is -2.37. The first-order valence-electron chi connectivity index (χ1n) is 21.2. The molecule has 0 saturated carbocycles. The number of benzene rings is 4. The van der Waals surface area contributed by atoms with Crippen LogP contribution in [0, 0.1) is 18.6 Å². The van der Waals surface area contributed by atoms with E-state index in [1.54, 1.807) is 25.8 Å². The maximum absolute atomic E-state index is 13.5. The Bertz CT molecular complexity index is 3070. The number of likely N-dealkylation sites (tertiary alicyclic amines) is 2. The monoisotopic (exact) mass is 848 g/mol. The van der Waals surface area contributed by atoms with Gasteiger partial charge in [0.2, 0.25) is 0 Å². The van der Waals surface area contributed by atoms with E-state index in [4.69, 9.17) is 0 Å². The lowest BCUT2D eigenvalue weighted by molar-refractivity contribution is 0.183. The molecule has 0 bridgehead atoms. The number of H-pyrrole nitrogens is 4. The first-order valence-corrected chi connectivity index (χ1v) is 21.2. The molecule has 16 heteroatoms. The number of halogens is 2.